The third-order valence-electron chi connectivity index (χ3n) is 8.43. The highest BCUT2D eigenvalue weighted by atomic mass is 35.5. The predicted octanol–water partition coefficient (Wildman–Crippen LogP) is 7.94. The molecule has 0 saturated heterocycles. The highest BCUT2D eigenvalue weighted by Crippen LogP contribution is 2.55. The second-order valence-electron chi connectivity index (χ2n) is 13.1. The molecule has 0 fully saturated rings. The Morgan fingerprint density at radius 2 is 1.45 bits per heavy atom. The number of allylic oxidation sites excluding steroid dienone is 4. The number of Topliss-reactive ketones (excluding diaryl/α,β-unsaturated/α-hetero) is 2. The van der Waals surface area contributed by atoms with E-state index in [1.54, 1.807) is 7.11 Å². The SMILES string of the molecule is CCN1C2=C(C(=O)CC(C)(C)C2)C(c2cc(Cl)c(OCc3ccc(C)cc3)c(OC)c2)C2=C1CC(C)(C)CC2=O. The number of methoxy groups -OCH3 is 1. The van der Waals surface area contributed by atoms with Gasteiger partial charge in [0.2, 0.25) is 0 Å². The lowest BCUT2D eigenvalue weighted by atomic mass is 9.63. The van der Waals surface area contributed by atoms with Crippen LogP contribution in [0.15, 0.2) is 58.9 Å². The summed E-state index contributed by atoms with van der Waals surface area (Å²) in [5.41, 5.74) is 6.27. The molecule has 40 heavy (non-hydrogen) atoms. The summed E-state index contributed by atoms with van der Waals surface area (Å²) < 4.78 is 11.9. The Morgan fingerprint density at radius 1 is 0.900 bits per heavy atom. The smallest absolute Gasteiger partial charge is 0.180 e. The van der Waals surface area contributed by atoms with Gasteiger partial charge in [-0.2, -0.15) is 0 Å². The fourth-order valence-electron chi connectivity index (χ4n) is 6.65. The average molecular weight is 562 g/mol. The van der Waals surface area contributed by atoms with Crippen molar-refractivity contribution in [1.29, 1.82) is 0 Å². The number of carbonyl (C=O) groups is 2. The summed E-state index contributed by atoms with van der Waals surface area (Å²) in [5.74, 6) is 0.680. The van der Waals surface area contributed by atoms with E-state index in [1.807, 2.05) is 43.3 Å². The molecule has 2 aromatic rings. The number of aryl methyl sites for hydroxylation is 1. The molecule has 0 unspecified atom stereocenters. The molecule has 0 bridgehead atoms. The molecule has 5 nitrogen and oxygen atoms in total. The third kappa shape index (κ3) is 5.21. The zero-order valence-corrected chi connectivity index (χ0v) is 25.5. The predicted molar refractivity (Wildman–Crippen MR) is 159 cm³/mol. The van der Waals surface area contributed by atoms with Crippen LogP contribution in [-0.4, -0.2) is 30.1 Å². The second-order valence-corrected chi connectivity index (χ2v) is 13.5. The monoisotopic (exact) mass is 561 g/mol. The van der Waals surface area contributed by atoms with E-state index in [1.165, 1.54) is 5.56 Å². The van der Waals surface area contributed by atoms with E-state index in [2.05, 4.69) is 39.5 Å². The van der Waals surface area contributed by atoms with Crippen LogP contribution in [0.5, 0.6) is 11.5 Å². The zero-order chi connectivity index (χ0) is 29.0. The van der Waals surface area contributed by atoms with E-state index < -0.39 is 5.92 Å². The minimum atomic E-state index is -0.474. The number of hydrogen-bond acceptors (Lipinski definition) is 5. The maximum absolute atomic E-state index is 13.9. The molecule has 0 saturated carbocycles. The summed E-state index contributed by atoms with van der Waals surface area (Å²) >= 11 is 6.88. The summed E-state index contributed by atoms with van der Waals surface area (Å²) in [7, 11) is 1.59. The second kappa shape index (κ2) is 10.4. The number of ketones is 2. The molecule has 0 radical (unpaired) electrons. The number of hydrogen-bond donors (Lipinski definition) is 0. The van der Waals surface area contributed by atoms with E-state index >= 15 is 0 Å². The molecule has 2 aliphatic carbocycles. The summed E-state index contributed by atoms with van der Waals surface area (Å²) in [6, 6.07) is 11.9. The molecule has 0 spiro atoms. The molecule has 212 valence electrons. The minimum Gasteiger partial charge on any atom is -0.493 e. The summed E-state index contributed by atoms with van der Waals surface area (Å²) in [6.07, 6.45) is 2.47. The first-order valence-electron chi connectivity index (χ1n) is 14.2. The topological polar surface area (TPSA) is 55.8 Å². The quantitative estimate of drug-likeness (QED) is 0.358. The van der Waals surface area contributed by atoms with Gasteiger partial charge in [0.1, 0.15) is 6.61 Å². The van der Waals surface area contributed by atoms with Crippen molar-refractivity contribution in [2.45, 2.75) is 79.8 Å². The van der Waals surface area contributed by atoms with Gasteiger partial charge < -0.3 is 14.4 Å². The number of rotatable bonds is 6. The van der Waals surface area contributed by atoms with Gasteiger partial charge in [-0.25, -0.2) is 0 Å². The van der Waals surface area contributed by atoms with Crippen molar-refractivity contribution in [1.82, 2.24) is 4.90 Å². The highest BCUT2D eigenvalue weighted by Gasteiger charge is 2.48. The van der Waals surface area contributed by atoms with E-state index in [-0.39, 0.29) is 22.4 Å². The van der Waals surface area contributed by atoms with Gasteiger partial charge in [0.05, 0.1) is 12.1 Å². The lowest BCUT2D eigenvalue weighted by molar-refractivity contribution is -0.119. The lowest BCUT2D eigenvalue weighted by Gasteiger charge is -2.49. The molecule has 3 aliphatic rings. The van der Waals surface area contributed by atoms with Crippen LogP contribution < -0.4 is 9.47 Å². The van der Waals surface area contributed by atoms with E-state index in [9.17, 15) is 9.59 Å². The normalized spacial score (nSPS) is 20.4. The first-order valence-corrected chi connectivity index (χ1v) is 14.6. The van der Waals surface area contributed by atoms with Gasteiger partial charge in [0.15, 0.2) is 23.1 Å². The van der Waals surface area contributed by atoms with Crippen LogP contribution >= 0.6 is 11.6 Å². The highest BCUT2D eigenvalue weighted by molar-refractivity contribution is 6.32. The maximum atomic E-state index is 13.9. The summed E-state index contributed by atoms with van der Waals surface area (Å²) in [6.45, 7) is 13.8. The number of carbonyl (C=O) groups excluding carboxylic acids is 2. The summed E-state index contributed by atoms with van der Waals surface area (Å²) in [4.78, 5) is 30.0. The Bertz CT molecular complexity index is 1380. The average Bonchev–Trinajstić information content (AvgIpc) is 2.86. The van der Waals surface area contributed by atoms with Crippen LogP contribution in [0.2, 0.25) is 5.02 Å². The third-order valence-corrected chi connectivity index (χ3v) is 8.71. The van der Waals surface area contributed by atoms with Crippen LogP contribution in [0.25, 0.3) is 0 Å². The Balaban J connectivity index is 1.64. The molecule has 1 aliphatic heterocycles. The molecule has 6 heteroatoms. The molecule has 5 rings (SSSR count). The van der Waals surface area contributed by atoms with Crippen LogP contribution in [0.1, 0.15) is 82.9 Å². The van der Waals surface area contributed by atoms with Crippen molar-refractivity contribution in [2.24, 2.45) is 10.8 Å². The van der Waals surface area contributed by atoms with Gasteiger partial charge >= 0.3 is 0 Å². The van der Waals surface area contributed by atoms with Gasteiger partial charge in [-0.1, -0.05) is 69.1 Å². The van der Waals surface area contributed by atoms with Crippen molar-refractivity contribution in [3.05, 3.63) is 80.7 Å². The van der Waals surface area contributed by atoms with Crippen molar-refractivity contribution in [3.63, 3.8) is 0 Å². The molecule has 0 aromatic heterocycles. The fraction of sp³-hybridized carbons (Fsp3) is 0.471. The first kappa shape index (κ1) is 28.5. The Hall–Kier alpha value is -3.05. The van der Waals surface area contributed by atoms with E-state index in [4.69, 9.17) is 21.1 Å². The Morgan fingerprint density at radius 3 is 1.95 bits per heavy atom. The molecule has 0 atom stereocenters. The Kier molecular flexibility index (Phi) is 7.41. The zero-order valence-electron chi connectivity index (χ0n) is 24.7. The Labute approximate surface area is 243 Å². The van der Waals surface area contributed by atoms with E-state index in [0.717, 1.165) is 46.5 Å². The van der Waals surface area contributed by atoms with Crippen molar-refractivity contribution >= 4 is 23.2 Å². The van der Waals surface area contributed by atoms with E-state index in [0.29, 0.717) is 42.5 Å². The molecule has 0 amide bonds. The number of halogens is 1. The number of nitrogens with zero attached hydrogens (tertiary/aromatic N) is 1. The van der Waals surface area contributed by atoms with Crippen LogP contribution in [0.4, 0.5) is 0 Å². The lowest BCUT2D eigenvalue weighted by Crippen LogP contribution is -2.44. The molecule has 2 aromatic carbocycles. The van der Waals surface area contributed by atoms with Crippen molar-refractivity contribution in [2.75, 3.05) is 13.7 Å². The van der Waals surface area contributed by atoms with Gasteiger partial charge in [-0.05, 0) is 60.8 Å². The molecular formula is C34H40ClNO4. The fourth-order valence-corrected chi connectivity index (χ4v) is 6.92. The van der Waals surface area contributed by atoms with Crippen LogP contribution in [0.3, 0.4) is 0 Å². The molecule has 1 heterocycles. The number of benzene rings is 2. The van der Waals surface area contributed by atoms with Crippen molar-refractivity contribution in [3.8, 4) is 11.5 Å². The first-order chi connectivity index (χ1) is 18.8. The van der Waals surface area contributed by atoms with Crippen LogP contribution in [-0.2, 0) is 16.2 Å². The largest absolute Gasteiger partial charge is 0.493 e. The van der Waals surface area contributed by atoms with Crippen molar-refractivity contribution < 1.29 is 19.1 Å². The standard InChI is InChI=1S/C34H40ClNO4/c1-8-36-24-15-33(3,4)17-26(37)30(24)29(31-25(36)16-34(5,6)18-27(31)38)22-13-23(35)32(28(14-22)39-7)40-19-21-11-9-20(2)10-12-21/h9-14,29H,8,15-19H2,1-7H3. The summed E-state index contributed by atoms with van der Waals surface area (Å²) in [5, 5.41) is 0.399. The molecule has 0 N–H and O–H groups in total. The van der Waals surface area contributed by atoms with Gasteiger partial charge in [-0.3, -0.25) is 9.59 Å². The van der Waals surface area contributed by atoms with Gasteiger partial charge in [-0.15, -0.1) is 0 Å². The number of ether oxygens (including phenoxy) is 2. The molecular weight excluding hydrogens is 522 g/mol. The van der Waals surface area contributed by atoms with Gasteiger partial charge in [0.25, 0.3) is 0 Å². The minimum absolute atomic E-state index is 0.105. The van der Waals surface area contributed by atoms with Crippen LogP contribution in [0, 0.1) is 17.8 Å². The maximum Gasteiger partial charge on any atom is 0.180 e. The van der Waals surface area contributed by atoms with Gasteiger partial charge in [0, 0.05) is 47.8 Å².